The molecule has 20 unspecified atom stereocenters. The molecule has 0 bridgehead atoms. The molecule has 0 amide bonds. The third kappa shape index (κ3) is 52.3. The maximum atomic E-state index is 14.9. The number of unbranched alkanes of at least 4 members (excludes halogenated alkanes) is 42. The summed E-state index contributed by atoms with van der Waals surface area (Å²) in [7, 11) is -5.82. The number of hydrogen-bond donors (Lipinski definition) is 10. The summed E-state index contributed by atoms with van der Waals surface area (Å²) in [5.41, 5.74) is 0. The molecule has 2 saturated heterocycles. The minimum Gasteiger partial charge on any atom is -0.463 e. The average molecular weight is 1750 g/mol. The van der Waals surface area contributed by atoms with Crippen LogP contribution in [-0.4, -0.2) is 205 Å². The fraction of sp³-hybridized carbons (Fsp3) is 0.916. The molecule has 0 aromatic heterocycles. The normalized spacial score (nSPS) is 25.2. The molecule has 2 heterocycles. The van der Waals surface area contributed by atoms with E-state index in [4.69, 9.17) is 46.9 Å². The lowest BCUT2D eigenvalue weighted by Gasteiger charge is -2.50. The van der Waals surface area contributed by atoms with Crippen molar-refractivity contribution in [1.29, 1.82) is 0 Å². The molecule has 20 atom stereocenters. The smallest absolute Gasteiger partial charge is 0.463 e. The van der Waals surface area contributed by atoms with Crippen LogP contribution in [0.4, 0.5) is 0 Å². The number of aliphatic hydroxyl groups excluding tert-OH is 9. The predicted octanol–water partition coefficient (Wildman–Crippen LogP) is 18.6. The Kier molecular flexibility index (Phi) is 66.6. The van der Waals surface area contributed by atoms with E-state index in [2.05, 4.69) is 65.8 Å². The molecule has 121 heavy (non-hydrogen) atoms. The average Bonchev–Trinajstić information content (AvgIpc) is 0.753. The molecule has 25 nitrogen and oxygen atoms in total. The summed E-state index contributed by atoms with van der Waals surface area (Å²) in [5, 5.41) is 103. The Morgan fingerprint density at radius 2 is 0.669 bits per heavy atom. The summed E-state index contributed by atoms with van der Waals surface area (Å²) in [6.07, 6.45) is 30.2. The van der Waals surface area contributed by atoms with Crippen molar-refractivity contribution in [3.05, 3.63) is 24.3 Å². The highest BCUT2D eigenvalue weighted by atomic mass is 31.2. The fourth-order valence-electron chi connectivity index (χ4n) is 16.3. The Morgan fingerprint density at radius 3 is 1.07 bits per heavy atom. The van der Waals surface area contributed by atoms with Gasteiger partial charge in [-0.05, 0) is 88.9 Å². The van der Waals surface area contributed by atoms with E-state index in [-0.39, 0.29) is 25.7 Å². The van der Waals surface area contributed by atoms with Gasteiger partial charge in [-0.15, -0.1) is 0 Å². The van der Waals surface area contributed by atoms with Gasteiger partial charge in [0.2, 0.25) is 0 Å². The maximum absolute atomic E-state index is 14.9. The van der Waals surface area contributed by atoms with E-state index in [1.807, 2.05) is 0 Å². The number of ether oxygens (including phenoxy) is 8. The fourth-order valence-corrected chi connectivity index (χ4v) is 17.2. The van der Waals surface area contributed by atoms with Gasteiger partial charge in [-0.2, -0.15) is 0 Å². The van der Waals surface area contributed by atoms with E-state index in [0.29, 0.717) is 50.4 Å². The van der Waals surface area contributed by atoms with E-state index < -0.39 is 162 Å². The molecule has 10 N–H and O–H groups in total. The number of carbonyl (C=O) groups excluding carboxylic acids is 4. The number of phosphoric ester groups is 1. The van der Waals surface area contributed by atoms with Gasteiger partial charge in [0.15, 0.2) is 24.8 Å². The van der Waals surface area contributed by atoms with Gasteiger partial charge in [0.05, 0.1) is 13.2 Å². The van der Waals surface area contributed by atoms with Gasteiger partial charge in [-0.3, -0.25) is 28.2 Å². The van der Waals surface area contributed by atoms with Crippen molar-refractivity contribution in [2.24, 2.45) is 11.8 Å². The summed E-state index contributed by atoms with van der Waals surface area (Å²) < 4.78 is 73.6. The predicted molar refractivity (Wildman–Crippen MR) is 472 cm³/mol. The molecule has 3 aliphatic rings. The zero-order valence-corrected chi connectivity index (χ0v) is 77.1. The first-order chi connectivity index (χ1) is 58.5. The monoisotopic (exact) mass is 1750 g/mol. The molecule has 710 valence electrons. The van der Waals surface area contributed by atoms with Gasteiger partial charge in [0, 0.05) is 25.7 Å². The summed E-state index contributed by atoms with van der Waals surface area (Å²) in [5.74, 6) is -1.66. The first-order valence-corrected chi connectivity index (χ1v) is 50.3. The third-order valence-electron chi connectivity index (χ3n) is 24.2. The second-order valence-corrected chi connectivity index (χ2v) is 36.9. The Bertz CT molecular complexity index is 2640. The zero-order valence-electron chi connectivity index (χ0n) is 76.2. The Morgan fingerprint density at radius 1 is 0.347 bits per heavy atom. The molecule has 1 aliphatic carbocycles. The molecule has 1 saturated carbocycles. The molecule has 0 radical (unpaired) electrons. The van der Waals surface area contributed by atoms with Crippen molar-refractivity contribution in [2.45, 2.75) is 518 Å². The van der Waals surface area contributed by atoms with Crippen molar-refractivity contribution < 1.29 is 122 Å². The first-order valence-electron chi connectivity index (χ1n) is 48.9. The van der Waals surface area contributed by atoms with Crippen LogP contribution in [0.1, 0.15) is 414 Å². The minimum absolute atomic E-state index is 0.0142. The summed E-state index contributed by atoms with van der Waals surface area (Å²) in [4.78, 5) is 66.7. The first kappa shape index (κ1) is 112. The van der Waals surface area contributed by atoms with Crippen LogP contribution in [0.2, 0.25) is 0 Å². The van der Waals surface area contributed by atoms with Gasteiger partial charge >= 0.3 is 31.7 Å². The van der Waals surface area contributed by atoms with E-state index in [1.165, 1.54) is 148 Å². The third-order valence-corrected chi connectivity index (χ3v) is 25.2. The molecular formula is C95H175O25P. The molecule has 3 fully saturated rings. The molecule has 26 heteroatoms. The van der Waals surface area contributed by atoms with Crippen LogP contribution in [0.5, 0.6) is 0 Å². The van der Waals surface area contributed by atoms with E-state index in [0.717, 1.165) is 161 Å². The van der Waals surface area contributed by atoms with Crippen LogP contribution in [0.3, 0.4) is 0 Å². The van der Waals surface area contributed by atoms with E-state index >= 15 is 0 Å². The van der Waals surface area contributed by atoms with Crippen molar-refractivity contribution >= 4 is 31.7 Å². The van der Waals surface area contributed by atoms with Gasteiger partial charge in [-0.25, -0.2) is 4.57 Å². The second kappa shape index (κ2) is 71.8. The number of allylic oxidation sites excluding steroid dienone is 4. The van der Waals surface area contributed by atoms with Crippen LogP contribution < -0.4 is 0 Å². The van der Waals surface area contributed by atoms with Crippen LogP contribution in [0, 0.1) is 11.8 Å². The van der Waals surface area contributed by atoms with Crippen molar-refractivity contribution in [1.82, 2.24) is 0 Å². The molecule has 0 spiro atoms. The lowest BCUT2D eigenvalue weighted by atomic mass is 9.84. The van der Waals surface area contributed by atoms with Crippen molar-refractivity contribution in [3.63, 3.8) is 0 Å². The van der Waals surface area contributed by atoms with E-state index in [9.17, 15) is 74.6 Å². The zero-order chi connectivity index (χ0) is 88.5. The lowest BCUT2D eigenvalue weighted by Crippen LogP contribution is -2.70. The van der Waals surface area contributed by atoms with Gasteiger partial charge in [0.1, 0.15) is 92.6 Å². The van der Waals surface area contributed by atoms with Crippen LogP contribution in [0.25, 0.3) is 0 Å². The molecule has 0 aromatic carbocycles. The topological polar surface area (TPSA) is 380 Å². The van der Waals surface area contributed by atoms with Gasteiger partial charge in [-0.1, -0.05) is 336 Å². The van der Waals surface area contributed by atoms with Crippen molar-refractivity contribution in [2.75, 3.05) is 26.4 Å². The van der Waals surface area contributed by atoms with Gasteiger partial charge in [0.25, 0.3) is 0 Å². The largest absolute Gasteiger partial charge is 0.472 e. The summed E-state index contributed by atoms with van der Waals surface area (Å²) in [6.45, 7) is 10.2. The van der Waals surface area contributed by atoms with Crippen LogP contribution in [0.15, 0.2) is 24.3 Å². The number of esters is 4. The summed E-state index contributed by atoms with van der Waals surface area (Å²) >= 11 is 0. The molecular weight excluding hydrogens is 1570 g/mol. The number of hydrogen-bond acceptors (Lipinski definition) is 24. The van der Waals surface area contributed by atoms with Crippen LogP contribution in [-0.2, 0) is 70.7 Å². The second-order valence-electron chi connectivity index (χ2n) is 35.5. The molecule has 0 aromatic rings. The SMILES string of the molecule is CCCCCC/C=C\CCCCCCCCCC(=O)OCC(COP(=O)(O)OC1C(OC2OC(CO)C(O)C(O)C2O)C(O)C(O)C(OC(=O)CCCCCCCCC(C)CCCCCCCC)C1OC1OC(COC(=O)CCCCCCCCC(C)CCCCCCCC)C(O)C(O)C1O)OC(=O)CCCCCCCCC/C=C\CCCCCC. The number of phosphoric acid groups is 1. The highest BCUT2D eigenvalue weighted by Gasteiger charge is 2.60. The van der Waals surface area contributed by atoms with E-state index in [1.54, 1.807) is 0 Å². The molecule has 2 aliphatic heterocycles. The highest BCUT2D eigenvalue weighted by molar-refractivity contribution is 7.47. The van der Waals surface area contributed by atoms with Crippen molar-refractivity contribution in [3.8, 4) is 0 Å². The Hall–Kier alpha value is -3.05. The lowest BCUT2D eigenvalue weighted by molar-refractivity contribution is -0.360. The van der Waals surface area contributed by atoms with Gasteiger partial charge < -0.3 is 88.7 Å². The Balaban J connectivity index is 1.92. The standard InChI is InChI=1S/C95H175O25P/c1-7-11-15-19-23-25-27-29-31-33-35-37-39-49-57-65-78(97)111-70-75(114-80(99)67-59-51-40-38-36-34-32-30-28-26-24-20-16-12-8-2)71-113-121(109,110)120-93-91(118-94-88(107)84(103)82(101)76(69-96)115-94)87(106)86(105)90(117-81(100)68-60-52-44-42-48-56-64-74(6)62-54-46-22-18-14-10-4)92(93)119-95-89(108)85(104)83(102)77(116-95)72-112-79(98)66-58-50-43-41-47-55-63-73(5)61-53-45-21-17-13-9-3/h25-28,73-77,82-96,101-108H,7-24,29-72H2,1-6H3,(H,109,110)/b27-25-,28-26-. The number of aliphatic hydroxyl groups is 9. The maximum Gasteiger partial charge on any atom is 0.472 e. The number of rotatable bonds is 78. The Labute approximate surface area is 730 Å². The van der Waals surface area contributed by atoms with Crippen LogP contribution >= 0.6 is 7.82 Å². The highest BCUT2D eigenvalue weighted by Crippen LogP contribution is 2.49. The molecule has 3 rings (SSSR count). The quantitative estimate of drug-likeness (QED) is 0.00889. The minimum atomic E-state index is -5.82. The number of carbonyl (C=O) groups is 4. The summed E-state index contributed by atoms with van der Waals surface area (Å²) in [6, 6.07) is 0.